The van der Waals surface area contributed by atoms with Crippen LogP contribution in [0.5, 0.6) is 0 Å². The summed E-state index contributed by atoms with van der Waals surface area (Å²) in [7, 11) is 4.16. The van der Waals surface area contributed by atoms with Crippen molar-refractivity contribution in [2.45, 2.75) is 11.3 Å². The number of benzene rings is 2. The van der Waals surface area contributed by atoms with Crippen molar-refractivity contribution in [1.29, 1.82) is 0 Å². The molecule has 3 rings (SSSR count). The second-order valence-electron chi connectivity index (χ2n) is 6.77. The van der Waals surface area contributed by atoms with Crippen molar-refractivity contribution >= 4 is 29.2 Å². The van der Waals surface area contributed by atoms with Gasteiger partial charge in [-0.15, -0.1) is 11.8 Å². The van der Waals surface area contributed by atoms with E-state index in [1.165, 1.54) is 4.90 Å². The van der Waals surface area contributed by atoms with Crippen LogP contribution in [0.15, 0.2) is 65.6 Å². The van der Waals surface area contributed by atoms with Crippen molar-refractivity contribution in [3.8, 4) is 11.3 Å². The molecule has 1 aromatic heterocycles. The average molecular weight is 394 g/mol. The van der Waals surface area contributed by atoms with E-state index < -0.39 is 0 Å². The molecule has 2 aromatic carbocycles. The zero-order valence-electron chi connectivity index (χ0n) is 16.6. The van der Waals surface area contributed by atoms with Gasteiger partial charge in [-0.2, -0.15) is 4.98 Å². The molecule has 0 saturated carbocycles. The molecule has 0 radical (unpaired) electrons. The summed E-state index contributed by atoms with van der Waals surface area (Å²) in [6, 6.07) is 20.5. The number of hydrogen-bond donors (Lipinski definition) is 2. The van der Waals surface area contributed by atoms with E-state index in [2.05, 4.69) is 65.1 Å². The molecule has 28 heavy (non-hydrogen) atoms. The third kappa shape index (κ3) is 5.97. The van der Waals surface area contributed by atoms with E-state index in [1.807, 2.05) is 36.4 Å². The summed E-state index contributed by atoms with van der Waals surface area (Å²) >= 11 is 1.72. The van der Waals surface area contributed by atoms with Crippen LogP contribution < -0.4 is 10.6 Å². The molecule has 146 valence electrons. The van der Waals surface area contributed by atoms with Gasteiger partial charge < -0.3 is 15.5 Å². The highest BCUT2D eigenvalue weighted by Gasteiger charge is 2.07. The first-order valence-electron chi connectivity index (χ1n) is 9.38. The van der Waals surface area contributed by atoms with Gasteiger partial charge in [-0.05, 0) is 51.5 Å². The van der Waals surface area contributed by atoms with Gasteiger partial charge in [0.25, 0.3) is 0 Å². The Labute approximate surface area is 171 Å². The molecular formula is C22H27N5S. The normalized spacial score (nSPS) is 10.9. The van der Waals surface area contributed by atoms with E-state index in [0.717, 1.165) is 42.3 Å². The maximum absolute atomic E-state index is 4.72. The van der Waals surface area contributed by atoms with E-state index >= 15 is 0 Å². The fraction of sp³-hybridized carbons (Fsp3) is 0.273. The maximum atomic E-state index is 4.72. The van der Waals surface area contributed by atoms with Gasteiger partial charge in [-0.3, -0.25) is 0 Å². The Bertz CT molecular complexity index is 883. The van der Waals surface area contributed by atoms with Gasteiger partial charge in [0.1, 0.15) is 5.82 Å². The molecule has 6 heteroatoms. The summed E-state index contributed by atoms with van der Waals surface area (Å²) in [6.45, 7) is 1.86. The van der Waals surface area contributed by atoms with Crippen LogP contribution in [-0.4, -0.2) is 48.3 Å². The lowest BCUT2D eigenvalue weighted by atomic mass is 10.1. The van der Waals surface area contributed by atoms with Gasteiger partial charge in [0.05, 0.1) is 5.69 Å². The van der Waals surface area contributed by atoms with Crippen molar-refractivity contribution in [3.63, 3.8) is 0 Å². The zero-order valence-corrected chi connectivity index (χ0v) is 17.5. The lowest BCUT2D eigenvalue weighted by molar-refractivity contribution is 0.405. The highest BCUT2D eigenvalue weighted by Crippen LogP contribution is 2.25. The predicted molar refractivity (Wildman–Crippen MR) is 121 cm³/mol. The molecule has 0 aliphatic rings. The van der Waals surface area contributed by atoms with Crippen molar-refractivity contribution in [2.24, 2.45) is 0 Å². The summed E-state index contributed by atoms with van der Waals surface area (Å²) < 4.78 is 0. The van der Waals surface area contributed by atoms with E-state index in [9.17, 15) is 0 Å². The van der Waals surface area contributed by atoms with Crippen molar-refractivity contribution < 1.29 is 0 Å². The summed E-state index contributed by atoms with van der Waals surface area (Å²) in [5, 5.41) is 6.79. The number of aromatic nitrogens is 2. The Kier molecular flexibility index (Phi) is 7.28. The maximum Gasteiger partial charge on any atom is 0.225 e. The van der Waals surface area contributed by atoms with Crippen LogP contribution in [0.25, 0.3) is 11.3 Å². The van der Waals surface area contributed by atoms with Crippen LogP contribution in [0.2, 0.25) is 0 Å². The molecule has 3 aromatic rings. The largest absolute Gasteiger partial charge is 0.354 e. The van der Waals surface area contributed by atoms with Crippen LogP contribution in [0, 0.1) is 0 Å². The lowest BCUT2D eigenvalue weighted by Crippen LogP contribution is -2.17. The second kappa shape index (κ2) is 10.1. The Morgan fingerprint density at radius 3 is 2.54 bits per heavy atom. The molecule has 0 atom stereocenters. The van der Waals surface area contributed by atoms with Crippen LogP contribution in [0.1, 0.15) is 6.42 Å². The van der Waals surface area contributed by atoms with E-state index in [-0.39, 0.29) is 0 Å². The fourth-order valence-electron chi connectivity index (χ4n) is 2.79. The first-order chi connectivity index (χ1) is 13.6. The number of rotatable bonds is 9. The molecule has 0 aliphatic carbocycles. The number of nitrogens with zero attached hydrogens (tertiary/aromatic N) is 3. The fourth-order valence-corrected chi connectivity index (χ4v) is 3.25. The van der Waals surface area contributed by atoms with Crippen LogP contribution in [-0.2, 0) is 0 Å². The molecule has 0 spiro atoms. The van der Waals surface area contributed by atoms with Crippen molar-refractivity contribution in [3.05, 3.63) is 60.7 Å². The zero-order chi connectivity index (χ0) is 19.8. The van der Waals surface area contributed by atoms with Gasteiger partial charge in [0.15, 0.2) is 0 Å². The lowest BCUT2D eigenvalue weighted by Gasteiger charge is -2.13. The smallest absolute Gasteiger partial charge is 0.225 e. The first-order valence-corrected chi connectivity index (χ1v) is 10.6. The predicted octanol–water partition coefficient (Wildman–Crippen LogP) is 4.97. The number of thioether (sulfide) groups is 1. The summed E-state index contributed by atoms with van der Waals surface area (Å²) in [5.41, 5.74) is 2.99. The van der Waals surface area contributed by atoms with Crippen molar-refractivity contribution in [1.82, 2.24) is 14.9 Å². The van der Waals surface area contributed by atoms with Gasteiger partial charge in [0.2, 0.25) is 5.95 Å². The quantitative estimate of drug-likeness (QED) is 0.395. The first kappa shape index (κ1) is 20.2. The molecule has 0 unspecified atom stereocenters. The summed E-state index contributed by atoms with van der Waals surface area (Å²) in [6.07, 6.45) is 3.11. The SMILES string of the molecule is CSc1cccc(Nc2cc(-c3ccccc3)nc(NCCCN(C)C)n2)c1. The Balaban J connectivity index is 1.84. The second-order valence-corrected chi connectivity index (χ2v) is 7.65. The Morgan fingerprint density at radius 1 is 0.964 bits per heavy atom. The van der Waals surface area contributed by atoms with Crippen LogP contribution in [0.4, 0.5) is 17.5 Å². The summed E-state index contributed by atoms with van der Waals surface area (Å²) in [4.78, 5) is 12.8. The number of hydrogen-bond acceptors (Lipinski definition) is 6. The molecule has 5 nitrogen and oxygen atoms in total. The van der Waals surface area contributed by atoms with Crippen molar-refractivity contribution in [2.75, 3.05) is 44.1 Å². The molecular weight excluding hydrogens is 366 g/mol. The third-order valence-electron chi connectivity index (χ3n) is 4.20. The Morgan fingerprint density at radius 2 is 1.79 bits per heavy atom. The molecule has 1 heterocycles. The summed E-state index contributed by atoms with van der Waals surface area (Å²) in [5.74, 6) is 1.42. The van der Waals surface area contributed by atoms with Gasteiger partial charge in [0, 0.05) is 28.8 Å². The van der Waals surface area contributed by atoms with E-state index in [1.54, 1.807) is 11.8 Å². The van der Waals surface area contributed by atoms with E-state index in [4.69, 9.17) is 4.98 Å². The number of anilines is 3. The van der Waals surface area contributed by atoms with Gasteiger partial charge in [-0.1, -0.05) is 36.4 Å². The van der Waals surface area contributed by atoms with Gasteiger partial charge >= 0.3 is 0 Å². The topological polar surface area (TPSA) is 53.1 Å². The average Bonchev–Trinajstić information content (AvgIpc) is 2.72. The molecule has 2 N–H and O–H groups in total. The van der Waals surface area contributed by atoms with Gasteiger partial charge in [-0.25, -0.2) is 4.98 Å². The minimum Gasteiger partial charge on any atom is -0.354 e. The highest BCUT2D eigenvalue weighted by atomic mass is 32.2. The van der Waals surface area contributed by atoms with Crippen LogP contribution in [0.3, 0.4) is 0 Å². The van der Waals surface area contributed by atoms with Crippen LogP contribution >= 0.6 is 11.8 Å². The Hall–Kier alpha value is -2.57. The standard InChI is InChI=1S/C22H27N5S/c1-27(2)14-8-13-23-22-25-20(17-9-5-4-6-10-17)16-21(26-22)24-18-11-7-12-19(15-18)28-3/h4-7,9-12,15-16H,8,13-14H2,1-3H3,(H2,23,24,25,26). The highest BCUT2D eigenvalue weighted by molar-refractivity contribution is 7.98. The molecule has 0 aliphatic heterocycles. The molecule has 0 amide bonds. The monoisotopic (exact) mass is 393 g/mol. The molecule has 0 bridgehead atoms. The minimum atomic E-state index is 0.642. The number of nitrogens with one attached hydrogen (secondary N) is 2. The molecule has 0 saturated heterocycles. The minimum absolute atomic E-state index is 0.642. The van der Waals surface area contributed by atoms with E-state index in [0.29, 0.717) is 5.95 Å². The molecule has 0 fully saturated rings. The third-order valence-corrected chi connectivity index (χ3v) is 4.93.